The van der Waals surface area contributed by atoms with E-state index in [4.69, 9.17) is 0 Å². The second kappa shape index (κ2) is 5.62. The molecule has 6 nitrogen and oxygen atoms in total. The Hall–Kier alpha value is -1.40. The standard InChI is InChI=1S/C9H12N4O2.ClH/c14-13(15)9-5-7(6-11-9)12-8-3-1-2-4-10-8;/h1-4,7,9,11H,5-6H2,(H,10,12);1H/t7?,9-;/m0./s1. The Morgan fingerprint density at radius 1 is 1.56 bits per heavy atom. The molecule has 0 saturated carbocycles. The van der Waals surface area contributed by atoms with Crippen LogP contribution in [0.5, 0.6) is 0 Å². The molecule has 1 unspecified atom stereocenters. The highest BCUT2D eigenvalue weighted by molar-refractivity contribution is 5.85. The lowest BCUT2D eigenvalue weighted by molar-refractivity contribution is -0.526. The monoisotopic (exact) mass is 244 g/mol. The molecule has 0 bridgehead atoms. The summed E-state index contributed by atoms with van der Waals surface area (Å²) in [5.74, 6) is 0.758. The molecule has 2 N–H and O–H groups in total. The first-order valence-electron chi connectivity index (χ1n) is 4.80. The van der Waals surface area contributed by atoms with Crippen LogP contribution in [0.4, 0.5) is 5.82 Å². The lowest BCUT2D eigenvalue weighted by Gasteiger charge is -2.10. The van der Waals surface area contributed by atoms with E-state index < -0.39 is 6.17 Å². The molecule has 0 radical (unpaired) electrons. The van der Waals surface area contributed by atoms with Crippen LogP contribution in [-0.2, 0) is 0 Å². The molecule has 0 aliphatic carbocycles. The van der Waals surface area contributed by atoms with Crippen LogP contribution in [0.15, 0.2) is 24.4 Å². The summed E-state index contributed by atoms with van der Waals surface area (Å²) in [4.78, 5) is 14.3. The lowest BCUT2D eigenvalue weighted by Crippen LogP contribution is -2.29. The largest absolute Gasteiger partial charge is 0.366 e. The number of pyridine rings is 1. The van der Waals surface area contributed by atoms with E-state index in [-0.39, 0.29) is 23.4 Å². The van der Waals surface area contributed by atoms with Gasteiger partial charge in [0.1, 0.15) is 5.82 Å². The molecule has 0 spiro atoms. The van der Waals surface area contributed by atoms with Gasteiger partial charge in [0, 0.05) is 23.7 Å². The van der Waals surface area contributed by atoms with E-state index in [2.05, 4.69) is 15.6 Å². The molecule has 2 rings (SSSR count). The number of nitrogens with one attached hydrogen (secondary N) is 2. The molecule has 1 fully saturated rings. The SMILES string of the molecule is Cl.O=[N+]([O-])[C@H]1CC(Nc2ccccn2)CN1. The number of nitrogens with zero attached hydrogens (tertiary/aromatic N) is 2. The van der Waals surface area contributed by atoms with Gasteiger partial charge < -0.3 is 5.32 Å². The van der Waals surface area contributed by atoms with Gasteiger partial charge in [0.2, 0.25) is 0 Å². The molecule has 0 aromatic carbocycles. The summed E-state index contributed by atoms with van der Waals surface area (Å²) in [5.41, 5.74) is 0. The highest BCUT2D eigenvalue weighted by Gasteiger charge is 2.31. The van der Waals surface area contributed by atoms with Crippen LogP contribution in [-0.4, -0.2) is 28.7 Å². The smallest absolute Gasteiger partial charge is 0.268 e. The van der Waals surface area contributed by atoms with Crippen molar-refractivity contribution in [2.45, 2.75) is 18.6 Å². The number of nitro groups is 1. The number of aromatic nitrogens is 1. The fourth-order valence-electron chi connectivity index (χ4n) is 1.64. The Kier molecular flexibility index (Phi) is 4.45. The molecule has 1 aliphatic heterocycles. The molecule has 88 valence electrons. The van der Waals surface area contributed by atoms with Crippen LogP contribution >= 0.6 is 12.4 Å². The van der Waals surface area contributed by atoms with Crippen LogP contribution in [0.25, 0.3) is 0 Å². The minimum Gasteiger partial charge on any atom is -0.366 e. The molecule has 2 atom stereocenters. The van der Waals surface area contributed by atoms with Gasteiger partial charge in [-0.15, -0.1) is 12.4 Å². The van der Waals surface area contributed by atoms with E-state index in [1.807, 2.05) is 18.2 Å². The number of hydrogen-bond acceptors (Lipinski definition) is 5. The van der Waals surface area contributed by atoms with Gasteiger partial charge in [-0.1, -0.05) is 6.07 Å². The zero-order valence-electron chi connectivity index (χ0n) is 8.50. The summed E-state index contributed by atoms with van der Waals surface area (Å²) in [6.45, 7) is 0.599. The highest BCUT2D eigenvalue weighted by Crippen LogP contribution is 2.12. The molecule has 1 aromatic heterocycles. The predicted octanol–water partition coefficient (Wildman–Crippen LogP) is 0.880. The van der Waals surface area contributed by atoms with E-state index in [9.17, 15) is 10.1 Å². The molecule has 1 aliphatic rings. The van der Waals surface area contributed by atoms with Crippen molar-refractivity contribution in [2.24, 2.45) is 0 Å². The fourth-order valence-corrected chi connectivity index (χ4v) is 1.64. The Labute approximate surface area is 99.0 Å². The third-order valence-corrected chi connectivity index (χ3v) is 2.38. The van der Waals surface area contributed by atoms with Gasteiger partial charge in [0.15, 0.2) is 0 Å². The van der Waals surface area contributed by atoms with Gasteiger partial charge in [0.25, 0.3) is 6.17 Å². The van der Waals surface area contributed by atoms with Crippen LogP contribution in [0.2, 0.25) is 0 Å². The van der Waals surface area contributed by atoms with Crippen LogP contribution in [0, 0.1) is 10.1 Å². The molecular weight excluding hydrogens is 232 g/mol. The van der Waals surface area contributed by atoms with Crippen molar-refractivity contribution in [1.29, 1.82) is 0 Å². The first-order valence-corrected chi connectivity index (χ1v) is 4.80. The van der Waals surface area contributed by atoms with Crippen molar-refractivity contribution in [3.63, 3.8) is 0 Å². The Morgan fingerprint density at radius 2 is 2.38 bits per heavy atom. The van der Waals surface area contributed by atoms with Crippen molar-refractivity contribution in [3.8, 4) is 0 Å². The molecule has 2 heterocycles. The number of rotatable bonds is 3. The Bertz CT molecular complexity index is 349. The fraction of sp³-hybridized carbons (Fsp3) is 0.444. The average Bonchev–Trinajstić information content (AvgIpc) is 2.68. The van der Waals surface area contributed by atoms with E-state index in [0.717, 1.165) is 5.82 Å². The van der Waals surface area contributed by atoms with Crippen LogP contribution in [0.1, 0.15) is 6.42 Å². The first kappa shape index (κ1) is 12.7. The zero-order chi connectivity index (χ0) is 10.7. The third-order valence-electron chi connectivity index (χ3n) is 2.38. The highest BCUT2D eigenvalue weighted by atomic mass is 35.5. The number of hydrogen-bond donors (Lipinski definition) is 2. The molecule has 1 saturated heterocycles. The number of halogens is 1. The van der Waals surface area contributed by atoms with E-state index in [1.54, 1.807) is 6.20 Å². The van der Waals surface area contributed by atoms with E-state index >= 15 is 0 Å². The topological polar surface area (TPSA) is 80.1 Å². The maximum atomic E-state index is 10.5. The normalized spacial score (nSPS) is 23.5. The molecule has 16 heavy (non-hydrogen) atoms. The van der Waals surface area contributed by atoms with Gasteiger partial charge in [-0.25, -0.2) is 4.98 Å². The quantitative estimate of drug-likeness (QED) is 0.610. The van der Waals surface area contributed by atoms with Gasteiger partial charge in [0.05, 0.1) is 6.42 Å². The van der Waals surface area contributed by atoms with E-state index in [1.165, 1.54) is 0 Å². The van der Waals surface area contributed by atoms with Crippen molar-refractivity contribution >= 4 is 18.2 Å². The van der Waals surface area contributed by atoms with Gasteiger partial charge in [-0.3, -0.25) is 15.4 Å². The Morgan fingerprint density at radius 3 is 2.94 bits per heavy atom. The molecule has 7 heteroatoms. The van der Waals surface area contributed by atoms with Crippen molar-refractivity contribution in [2.75, 3.05) is 11.9 Å². The third kappa shape index (κ3) is 3.04. The minimum absolute atomic E-state index is 0. The van der Waals surface area contributed by atoms with E-state index in [0.29, 0.717) is 13.0 Å². The summed E-state index contributed by atoms with van der Waals surface area (Å²) < 4.78 is 0. The van der Waals surface area contributed by atoms with Crippen molar-refractivity contribution in [3.05, 3.63) is 34.5 Å². The van der Waals surface area contributed by atoms with Gasteiger partial charge >= 0.3 is 0 Å². The summed E-state index contributed by atoms with van der Waals surface area (Å²) in [6, 6.07) is 5.63. The molecule has 1 aromatic rings. The van der Waals surface area contributed by atoms with Crippen molar-refractivity contribution in [1.82, 2.24) is 10.3 Å². The van der Waals surface area contributed by atoms with Crippen LogP contribution < -0.4 is 10.6 Å². The average molecular weight is 245 g/mol. The minimum atomic E-state index is -0.633. The summed E-state index contributed by atoms with van der Waals surface area (Å²) in [7, 11) is 0. The predicted molar refractivity (Wildman–Crippen MR) is 62.3 cm³/mol. The van der Waals surface area contributed by atoms with Crippen LogP contribution in [0.3, 0.4) is 0 Å². The second-order valence-electron chi connectivity index (χ2n) is 3.50. The van der Waals surface area contributed by atoms with Gasteiger partial charge in [-0.05, 0) is 12.1 Å². The molecular formula is C9H13ClN4O2. The Balaban J connectivity index is 0.00000128. The second-order valence-corrected chi connectivity index (χ2v) is 3.50. The van der Waals surface area contributed by atoms with Gasteiger partial charge in [-0.2, -0.15) is 0 Å². The summed E-state index contributed by atoms with van der Waals surface area (Å²) in [5, 5.41) is 16.5. The number of anilines is 1. The zero-order valence-corrected chi connectivity index (χ0v) is 9.31. The maximum Gasteiger partial charge on any atom is 0.268 e. The summed E-state index contributed by atoms with van der Waals surface area (Å²) in [6.07, 6.45) is 1.55. The molecule has 0 amide bonds. The van der Waals surface area contributed by atoms with Crippen molar-refractivity contribution < 1.29 is 4.92 Å². The maximum absolute atomic E-state index is 10.5. The summed E-state index contributed by atoms with van der Waals surface area (Å²) >= 11 is 0. The first-order chi connectivity index (χ1) is 7.25. The lowest BCUT2D eigenvalue weighted by atomic mass is 10.2.